The first-order valence-corrected chi connectivity index (χ1v) is 9.49. The number of aliphatic carboxylic acids is 1. The molecule has 29 heavy (non-hydrogen) atoms. The van der Waals surface area contributed by atoms with Gasteiger partial charge < -0.3 is 19.0 Å². The molecule has 2 aromatic heterocycles. The molecule has 3 rings (SSSR count). The average molecular weight is 396 g/mol. The average Bonchev–Trinajstić information content (AvgIpc) is 3.09. The molecule has 1 aromatic carbocycles. The lowest BCUT2D eigenvalue weighted by molar-refractivity contribution is -0.140. The van der Waals surface area contributed by atoms with Crippen LogP contribution >= 0.6 is 0 Å². The van der Waals surface area contributed by atoms with E-state index in [4.69, 9.17) is 19.0 Å². The summed E-state index contributed by atoms with van der Waals surface area (Å²) in [6, 6.07) is 11.1. The van der Waals surface area contributed by atoms with Crippen LogP contribution in [0.5, 0.6) is 5.75 Å². The van der Waals surface area contributed by atoms with Crippen LogP contribution in [0.2, 0.25) is 0 Å². The highest BCUT2D eigenvalue weighted by Crippen LogP contribution is 2.24. The Morgan fingerprint density at radius 3 is 2.69 bits per heavy atom. The zero-order valence-electron chi connectivity index (χ0n) is 16.5. The number of pyridine rings is 1. The first-order valence-electron chi connectivity index (χ1n) is 9.49. The molecule has 0 amide bonds. The van der Waals surface area contributed by atoms with Gasteiger partial charge in [0.15, 0.2) is 0 Å². The molecule has 0 spiro atoms. The Morgan fingerprint density at radius 1 is 1.24 bits per heavy atom. The molecule has 1 atom stereocenters. The Bertz CT molecular complexity index is 922. The summed E-state index contributed by atoms with van der Waals surface area (Å²) in [6.07, 6.45) is 3.50. The maximum absolute atomic E-state index is 11.0. The second kappa shape index (κ2) is 9.84. The summed E-state index contributed by atoms with van der Waals surface area (Å²) in [5, 5.41) is 9.03. The molecule has 1 unspecified atom stereocenters. The van der Waals surface area contributed by atoms with E-state index >= 15 is 0 Å². The van der Waals surface area contributed by atoms with Gasteiger partial charge in [-0.05, 0) is 43.7 Å². The standard InChI is InChI=1S/C22H24N2O5/c1-3-27-20(13-21(25)26)16-6-8-18(9-7-16)28-12-10-19-15(2)29-22(24-19)17-5-4-11-23-14-17/h4-9,11,14,20H,3,10,12-13H2,1-2H3,(H,25,26). The van der Waals surface area contributed by atoms with Crippen LogP contribution in [-0.2, 0) is 16.0 Å². The molecular weight excluding hydrogens is 372 g/mol. The third kappa shape index (κ3) is 5.65. The number of aryl methyl sites for hydroxylation is 1. The van der Waals surface area contributed by atoms with Crippen molar-refractivity contribution in [2.45, 2.75) is 32.8 Å². The number of aromatic nitrogens is 2. The summed E-state index contributed by atoms with van der Waals surface area (Å²) >= 11 is 0. The zero-order chi connectivity index (χ0) is 20.6. The lowest BCUT2D eigenvalue weighted by atomic mass is 10.1. The fraction of sp³-hybridized carbons (Fsp3) is 0.318. The minimum Gasteiger partial charge on any atom is -0.493 e. The van der Waals surface area contributed by atoms with Crippen LogP contribution in [0.4, 0.5) is 0 Å². The van der Waals surface area contributed by atoms with Crippen LogP contribution < -0.4 is 4.74 Å². The molecule has 0 aliphatic heterocycles. The number of benzene rings is 1. The lowest BCUT2D eigenvalue weighted by Crippen LogP contribution is -2.10. The molecule has 152 valence electrons. The van der Waals surface area contributed by atoms with E-state index in [-0.39, 0.29) is 6.42 Å². The van der Waals surface area contributed by atoms with Gasteiger partial charge >= 0.3 is 5.97 Å². The molecule has 0 saturated carbocycles. The number of carboxylic acid groups (broad SMARTS) is 1. The SMILES string of the molecule is CCOC(CC(=O)O)c1ccc(OCCc2nc(-c3cccnc3)oc2C)cc1. The van der Waals surface area contributed by atoms with Crippen molar-refractivity contribution in [1.29, 1.82) is 0 Å². The summed E-state index contributed by atoms with van der Waals surface area (Å²) in [4.78, 5) is 19.6. The highest BCUT2D eigenvalue weighted by molar-refractivity contribution is 5.67. The molecular formula is C22H24N2O5. The van der Waals surface area contributed by atoms with Crippen molar-refractivity contribution in [3.05, 3.63) is 65.8 Å². The van der Waals surface area contributed by atoms with E-state index in [1.54, 1.807) is 12.4 Å². The van der Waals surface area contributed by atoms with Gasteiger partial charge in [-0.3, -0.25) is 9.78 Å². The van der Waals surface area contributed by atoms with Gasteiger partial charge in [-0.25, -0.2) is 4.98 Å². The first-order chi connectivity index (χ1) is 14.1. The number of oxazole rings is 1. The highest BCUT2D eigenvalue weighted by atomic mass is 16.5. The topological polar surface area (TPSA) is 94.7 Å². The van der Waals surface area contributed by atoms with Crippen LogP contribution in [0.3, 0.4) is 0 Å². The molecule has 7 nitrogen and oxygen atoms in total. The fourth-order valence-corrected chi connectivity index (χ4v) is 2.95. The van der Waals surface area contributed by atoms with Crippen molar-refractivity contribution in [1.82, 2.24) is 9.97 Å². The van der Waals surface area contributed by atoms with E-state index in [1.807, 2.05) is 50.2 Å². The Labute approximate surface area is 169 Å². The highest BCUT2D eigenvalue weighted by Gasteiger charge is 2.16. The van der Waals surface area contributed by atoms with E-state index in [1.165, 1.54) is 0 Å². The van der Waals surface area contributed by atoms with Crippen molar-refractivity contribution < 1.29 is 23.8 Å². The number of nitrogens with zero attached hydrogens (tertiary/aromatic N) is 2. The number of rotatable bonds is 10. The molecule has 0 aliphatic rings. The predicted molar refractivity (Wildman–Crippen MR) is 107 cm³/mol. The van der Waals surface area contributed by atoms with Crippen molar-refractivity contribution >= 4 is 5.97 Å². The smallest absolute Gasteiger partial charge is 0.306 e. The third-order valence-corrected chi connectivity index (χ3v) is 4.39. The van der Waals surface area contributed by atoms with Crippen LogP contribution in [-0.4, -0.2) is 34.3 Å². The second-order valence-corrected chi connectivity index (χ2v) is 6.47. The summed E-state index contributed by atoms with van der Waals surface area (Å²) in [6.45, 7) is 4.63. The Morgan fingerprint density at radius 2 is 2.03 bits per heavy atom. The number of carbonyl (C=O) groups is 1. The summed E-state index contributed by atoms with van der Waals surface area (Å²) in [5.74, 6) is 1.12. The van der Waals surface area contributed by atoms with Gasteiger partial charge in [0.25, 0.3) is 0 Å². The number of hydrogen-bond donors (Lipinski definition) is 1. The molecule has 3 aromatic rings. The molecule has 0 bridgehead atoms. The van der Waals surface area contributed by atoms with Gasteiger partial charge in [0.2, 0.25) is 5.89 Å². The fourth-order valence-electron chi connectivity index (χ4n) is 2.95. The largest absolute Gasteiger partial charge is 0.493 e. The van der Waals surface area contributed by atoms with Crippen LogP contribution in [0.25, 0.3) is 11.5 Å². The number of ether oxygens (including phenoxy) is 2. The Kier molecular flexibility index (Phi) is 6.97. The monoisotopic (exact) mass is 396 g/mol. The minimum absolute atomic E-state index is 0.0707. The van der Waals surface area contributed by atoms with E-state index in [0.717, 1.165) is 22.6 Å². The molecule has 0 saturated heterocycles. The van der Waals surface area contributed by atoms with Gasteiger partial charge in [-0.15, -0.1) is 0 Å². The zero-order valence-corrected chi connectivity index (χ0v) is 16.5. The maximum Gasteiger partial charge on any atom is 0.306 e. The van der Waals surface area contributed by atoms with E-state index in [2.05, 4.69) is 9.97 Å². The maximum atomic E-state index is 11.0. The van der Waals surface area contributed by atoms with Crippen LogP contribution in [0.1, 0.15) is 36.5 Å². The normalized spacial score (nSPS) is 11.9. The van der Waals surface area contributed by atoms with E-state index in [9.17, 15) is 4.79 Å². The molecule has 0 fully saturated rings. The van der Waals surface area contributed by atoms with E-state index in [0.29, 0.717) is 31.3 Å². The summed E-state index contributed by atoms with van der Waals surface area (Å²) in [7, 11) is 0. The van der Waals surface area contributed by atoms with Gasteiger partial charge in [0.1, 0.15) is 11.5 Å². The van der Waals surface area contributed by atoms with Gasteiger partial charge in [-0.1, -0.05) is 12.1 Å². The van der Waals surface area contributed by atoms with Crippen molar-refractivity contribution in [2.24, 2.45) is 0 Å². The second-order valence-electron chi connectivity index (χ2n) is 6.47. The minimum atomic E-state index is -0.891. The Balaban J connectivity index is 1.57. The van der Waals surface area contributed by atoms with Crippen molar-refractivity contribution in [2.75, 3.05) is 13.2 Å². The summed E-state index contributed by atoms with van der Waals surface area (Å²) < 4.78 is 17.1. The first kappa shape index (κ1) is 20.5. The molecule has 0 radical (unpaired) electrons. The van der Waals surface area contributed by atoms with E-state index < -0.39 is 12.1 Å². The van der Waals surface area contributed by atoms with Crippen LogP contribution in [0, 0.1) is 6.92 Å². The number of carboxylic acids is 1. The number of hydrogen-bond acceptors (Lipinski definition) is 6. The van der Waals surface area contributed by atoms with Gasteiger partial charge in [0, 0.05) is 25.4 Å². The van der Waals surface area contributed by atoms with Crippen LogP contribution in [0.15, 0.2) is 53.2 Å². The van der Waals surface area contributed by atoms with Crippen molar-refractivity contribution in [3.63, 3.8) is 0 Å². The van der Waals surface area contributed by atoms with Gasteiger partial charge in [-0.2, -0.15) is 0 Å². The predicted octanol–water partition coefficient (Wildman–Crippen LogP) is 4.22. The quantitative estimate of drug-likeness (QED) is 0.548. The lowest BCUT2D eigenvalue weighted by Gasteiger charge is -2.16. The molecule has 7 heteroatoms. The molecule has 0 aliphatic carbocycles. The molecule has 2 heterocycles. The van der Waals surface area contributed by atoms with Crippen molar-refractivity contribution in [3.8, 4) is 17.2 Å². The van der Waals surface area contributed by atoms with Gasteiger partial charge in [0.05, 0.1) is 30.4 Å². The molecule has 1 N–H and O–H groups in total. The summed E-state index contributed by atoms with van der Waals surface area (Å²) in [5.41, 5.74) is 2.50. The Hall–Kier alpha value is -3.19. The third-order valence-electron chi connectivity index (χ3n) is 4.39.